The minimum Gasteiger partial charge on any atom is -0.480 e. The second-order valence-electron chi connectivity index (χ2n) is 4.91. The number of aromatic amines is 1. The maximum Gasteiger partial charge on any atom is 0.224 e. The third-order valence-corrected chi connectivity index (χ3v) is 3.60. The molecule has 3 aromatic heterocycles. The van der Waals surface area contributed by atoms with Gasteiger partial charge in [0.1, 0.15) is 17.2 Å². The summed E-state index contributed by atoms with van der Waals surface area (Å²) >= 11 is 0. The average molecular weight is 309 g/mol. The van der Waals surface area contributed by atoms with Crippen LogP contribution in [-0.2, 0) is 0 Å². The molecule has 0 aliphatic carbocycles. The highest BCUT2D eigenvalue weighted by atomic mass is 19.1. The van der Waals surface area contributed by atoms with Crippen LogP contribution in [0.25, 0.3) is 27.8 Å². The summed E-state index contributed by atoms with van der Waals surface area (Å²) in [4.78, 5) is 4.23. The van der Waals surface area contributed by atoms with E-state index in [0.29, 0.717) is 28.2 Å². The zero-order chi connectivity index (χ0) is 15.8. The molecule has 0 aliphatic heterocycles. The summed E-state index contributed by atoms with van der Waals surface area (Å²) in [6.07, 6.45) is 4.99. The van der Waals surface area contributed by atoms with Crippen LogP contribution in [0.3, 0.4) is 0 Å². The first-order valence-electron chi connectivity index (χ1n) is 6.95. The van der Waals surface area contributed by atoms with Crippen LogP contribution in [0.15, 0.2) is 48.9 Å². The zero-order valence-corrected chi connectivity index (χ0v) is 12.2. The molecule has 0 amide bonds. The van der Waals surface area contributed by atoms with E-state index in [2.05, 4.69) is 20.3 Å². The molecular formula is C16H12FN5O. The first kappa shape index (κ1) is 13.4. The number of methoxy groups -OCH3 is 1. The molecule has 0 radical (unpaired) electrons. The number of hydrogen-bond acceptors (Lipinski definition) is 4. The van der Waals surface area contributed by atoms with E-state index >= 15 is 0 Å². The third-order valence-electron chi connectivity index (χ3n) is 3.60. The van der Waals surface area contributed by atoms with Gasteiger partial charge in [0.15, 0.2) is 0 Å². The average Bonchev–Trinajstić information content (AvgIpc) is 3.22. The molecule has 0 atom stereocenters. The van der Waals surface area contributed by atoms with Gasteiger partial charge in [-0.05, 0) is 18.2 Å². The van der Waals surface area contributed by atoms with E-state index < -0.39 is 0 Å². The van der Waals surface area contributed by atoms with Crippen LogP contribution >= 0.6 is 0 Å². The van der Waals surface area contributed by atoms with E-state index in [0.717, 1.165) is 5.56 Å². The Bertz CT molecular complexity index is 977. The predicted octanol–water partition coefficient (Wildman–Crippen LogP) is 2.96. The third kappa shape index (κ3) is 2.05. The van der Waals surface area contributed by atoms with Crippen LogP contribution in [0.5, 0.6) is 5.88 Å². The van der Waals surface area contributed by atoms with E-state index in [9.17, 15) is 4.39 Å². The molecule has 0 unspecified atom stereocenters. The molecule has 0 aliphatic rings. The lowest BCUT2D eigenvalue weighted by Crippen LogP contribution is -1.99. The Morgan fingerprint density at radius 2 is 2.09 bits per heavy atom. The fourth-order valence-electron chi connectivity index (χ4n) is 2.58. The molecule has 4 aromatic rings. The van der Waals surface area contributed by atoms with Gasteiger partial charge in [0, 0.05) is 18.0 Å². The number of hydrogen-bond donors (Lipinski definition) is 1. The van der Waals surface area contributed by atoms with E-state index in [-0.39, 0.29) is 5.82 Å². The highest BCUT2D eigenvalue weighted by molar-refractivity contribution is 5.97. The first-order valence-corrected chi connectivity index (χ1v) is 6.95. The number of H-pyrrole nitrogens is 1. The lowest BCUT2D eigenvalue weighted by Gasteiger charge is -2.05. The number of nitrogens with zero attached hydrogens (tertiary/aromatic N) is 4. The molecule has 23 heavy (non-hydrogen) atoms. The molecule has 0 spiro atoms. The molecule has 7 heteroatoms. The van der Waals surface area contributed by atoms with Crippen LogP contribution in [0.1, 0.15) is 0 Å². The largest absolute Gasteiger partial charge is 0.480 e. The van der Waals surface area contributed by atoms with Gasteiger partial charge in [0.25, 0.3) is 0 Å². The number of fused-ring (bicyclic) bond motifs is 1. The maximum atomic E-state index is 14.2. The lowest BCUT2D eigenvalue weighted by molar-refractivity contribution is 0.403. The fourth-order valence-corrected chi connectivity index (χ4v) is 2.58. The lowest BCUT2D eigenvalue weighted by atomic mass is 10.1. The molecule has 0 bridgehead atoms. The number of para-hydroxylation sites is 1. The molecule has 0 saturated carbocycles. The summed E-state index contributed by atoms with van der Waals surface area (Å²) in [5.41, 5.74) is 2.47. The molecule has 0 saturated heterocycles. The van der Waals surface area contributed by atoms with Crippen molar-refractivity contribution in [2.24, 2.45) is 0 Å². The van der Waals surface area contributed by atoms with Gasteiger partial charge in [-0.25, -0.2) is 14.1 Å². The van der Waals surface area contributed by atoms with E-state index in [1.807, 2.05) is 0 Å². The summed E-state index contributed by atoms with van der Waals surface area (Å²) in [6.45, 7) is 0. The number of ether oxygens (including phenoxy) is 1. The second kappa shape index (κ2) is 5.20. The van der Waals surface area contributed by atoms with Gasteiger partial charge < -0.3 is 4.74 Å². The van der Waals surface area contributed by atoms with Crippen molar-refractivity contribution in [3.8, 4) is 22.8 Å². The minimum atomic E-state index is -0.355. The van der Waals surface area contributed by atoms with Crippen LogP contribution in [0, 0.1) is 5.82 Å². The number of halogens is 1. The molecule has 114 valence electrons. The Morgan fingerprint density at radius 1 is 1.22 bits per heavy atom. The van der Waals surface area contributed by atoms with E-state index in [1.54, 1.807) is 54.6 Å². The number of benzene rings is 1. The highest BCUT2D eigenvalue weighted by Gasteiger charge is 2.20. The zero-order valence-electron chi connectivity index (χ0n) is 12.2. The van der Waals surface area contributed by atoms with Gasteiger partial charge >= 0.3 is 0 Å². The number of pyridine rings is 1. The Hall–Kier alpha value is -3.22. The quantitative estimate of drug-likeness (QED) is 0.632. The predicted molar refractivity (Wildman–Crippen MR) is 83.0 cm³/mol. The second-order valence-corrected chi connectivity index (χ2v) is 4.91. The number of aromatic nitrogens is 5. The molecule has 3 heterocycles. The first-order chi connectivity index (χ1) is 11.3. The summed E-state index contributed by atoms with van der Waals surface area (Å²) in [5.74, 6) is 0.0766. The van der Waals surface area contributed by atoms with Crippen molar-refractivity contribution in [2.75, 3.05) is 7.11 Å². The molecule has 4 rings (SSSR count). The Morgan fingerprint density at radius 3 is 2.83 bits per heavy atom. The molecule has 1 aromatic carbocycles. The van der Waals surface area contributed by atoms with Gasteiger partial charge in [0.05, 0.1) is 24.2 Å². The summed E-state index contributed by atoms with van der Waals surface area (Å²) in [7, 11) is 1.54. The smallest absolute Gasteiger partial charge is 0.224 e. The Kier molecular flexibility index (Phi) is 3.04. The van der Waals surface area contributed by atoms with Crippen molar-refractivity contribution in [1.82, 2.24) is 25.0 Å². The normalized spacial score (nSPS) is 11.0. The fraction of sp³-hybridized carbons (Fsp3) is 0.0625. The highest BCUT2D eigenvalue weighted by Crippen LogP contribution is 2.34. The maximum absolute atomic E-state index is 14.2. The SMILES string of the molecule is COc1nccc2c1c(-c1cn[nH]c1)nn2-c1ccccc1F. The minimum absolute atomic E-state index is 0.355. The van der Waals surface area contributed by atoms with Gasteiger partial charge in [-0.15, -0.1) is 0 Å². The Balaban J connectivity index is 2.09. The van der Waals surface area contributed by atoms with Crippen molar-refractivity contribution >= 4 is 10.9 Å². The molecular weight excluding hydrogens is 297 g/mol. The van der Waals surface area contributed by atoms with Crippen molar-refractivity contribution in [3.63, 3.8) is 0 Å². The van der Waals surface area contributed by atoms with Crippen molar-refractivity contribution in [1.29, 1.82) is 0 Å². The van der Waals surface area contributed by atoms with Gasteiger partial charge in [-0.2, -0.15) is 10.2 Å². The van der Waals surface area contributed by atoms with E-state index in [4.69, 9.17) is 4.74 Å². The summed E-state index contributed by atoms with van der Waals surface area (Å²) in [5, 5.41) is 12.0. The van der Waals surface area contributed by atoms with Crippen LogP contribution in [-0.4, -0.2) is 32.1 Å². The van der Waals surface area contributed by atoms with Crippen molar-refractivity contribution in [2.45, 2.75) is 0 Å². The van der Waals surface area contributed by atoms with Gasteiger partial charge in [-0.1, -0.05) is 12.1 Å². The van der Waals surface area contributed by atoms with Crippen molar-refractivity contribution < 1.29 is 9.13 Å². The Labute approximate surface area is 130 Å². The van der Waals surface area contributed by atoms with Crippen molar-refractivity contribution in [3.05, 3.63) is 54.7 Å². The standard InChI is InChI=1S/C16H12FN5O/c1-23-16-14-13(6-7-18-16)22(12-5-3-2-4-11(12)17)21-15(14)10-8-19-20-9-10/h2-9H,1H3,(H,19,20). The molecule has 6 nitrogen and oxygen atoms in total. The topological polar surface area (TPSA) is 68.6 Å². The van der Waals surface area contributed by atoms with Crippen LogP contribution < -0.4 is 4.74 Å². The summed E-state index contributed by atoms with van der Waals surface area (Å²) < 4.78 is 21.1. The number of rotatable bonds is 3. The van der Waals surface area contributed by atoms with E-state index in [1.165, 1.54) is 6.07 Å². The van der Waals surface area contributed by atoms with Gasteiger partial charge in [0.2, 0.25) is 5.88 Å². The summed E-state index contributed by atoms with van der Waals surface area (Å²) in [6, 6.07) is 8.26. The molecule has 0 fully saturated rings. The molecule has 1 N–H and O–H groups in total. The monoisotopic (exact) mass is 309 g/mol. The number of nitrogens with one attached hydrogen (secondary N) is 1. The van der Waals surface area contributed by atoms with Gasteiger partial charge in [-0.3, -0.25) is 5.10 Å². The van der Waals surface area contributed by atoms with Crippen LogP contribution in [0.2, 0.25) is 0 Å². The van der Waals surface area contributed by atoms with Crippen LogP contribution in [0.4, 0.5) is 4.39 Å².